The minimum absolute atomic E-state index is 0.0161. The standard InChI is InChI=1S/C14H21NO2/c1-10-5-11(2)7-14(6-10)17-13-4-3-12(9-16)15-8-13/h3-4,8,10-11,14,16H,5-7,9H2,1-2H3. The molecule has 1 aliphatic rings. The lowest BCUT2D eigenvalue weighted by atomic mass is 9.82. The molecule has 3 nitrogen and oxygen atoms in total. The van der Waals surface area contributed by atoms with Gasteiger partial charge in [0.15, 0.2) is 0 Å². The molecule has 2 atom stereocenters. The topological polar surface area (TPSA) is 42.4 Å². The Labute approximate surface area is 103 Å². The van der Waals surface area contributed by atoms with Gasteiger partial charge in [0.2, 0.25) is 0 Å². The normalized spacial score (nSPS) is 29.0. The van der Waals surface area contributed by atoms with E-state index in [-0.39, 0.29) is 6.61 Å². The second kappa shape index (κ2) is 5.50. The van der Waals surface area contributed by atoms with Crippen molar-refractivity contribution in [1.29, 1.82) is 0 Å². The molecular weight excluding hydrogens is 214 g/mol. The van der Waals surface area contributed by atoms with Crippen LogP contribution in [-0.2, 0) is 6.61 Å². The molecule has 1 fully saturated rings. The summed E-state index contributed by atoms with van der Waals surface area (Å²) in [4.78, 5) is 4.13. The first kappa shape index (κ1) is 12.4. The molecule has 2 unspecified atom stereocenters. The first-order valence-electron chi connectivity index (χ1n) is 6.39. The van der Waals surface area contributed by atoms with E-state index in [9.17, 15) is 0 Å². The van der Waals surface area contributed by atoms with E-state index in [1.165, 1.54) is 6.42 Å². The van der Waals surface area contributed by atoms with Crippen LogP contribution in [0.4, 0.5) is 0 Å². The van der Waals surface area contributed by atoms with E-state index < -0.39 is 0 Å². The van der Waals surface area contributed by atoms with Gasteiger partial charge in [0.25, 0.3) is 0 Å². The van der Waals surface area contributed by atoms with Crippen LogP contribution in [0.1, 0.15) is 38.8 Å². The Morgan fingerprint density at radius 2 is 1.94 bits per heavy atom. The van der Waals surface area contributed by atoms with Crippen molar-refractivity contribution in [2.75, 3.05) is 0 Å². The Hall–Kier alpha value is -1.09. The molecule has 0 radical (unpaired) electrons. The third kappa shape index (κ3) is 3.43. The SMILES string of the molecule is CC1CC(C)CC(Oc2ccc(CO)nc2)C1. The molecule has 2 rings (SSSR count). The van der Waals surface area contributed by atoms with Crippen LogP contribution in [0, 0.1) is 11.8 Å². The maximum Gasteiger partial charge on any atom is 0.138 e. The Bertz CT molecular complexity index is 340. The molecule has 0 bridgehead atoms. The Morgan fingerprint density at radius 3 is 2.47 bits per heavy atom. The Morgan fingerprint density at radius 1 is 1.24 bits per heavy atom. The molecule has 0 amide bonds. The maximum absolute atomic E-state index is 8.92. The highest BCUT2D eigenvalue weighted by Gasteiger charge is 2.25. The molecule has 17 heavy (non-hydrogen) atoms. The van der Waals surface area contributed by atoms with Crippen LogP contribution in [0.25, 0.3) is 0 Å². The summed E-state index contributed by atoms with van der Waals surface area (Å²) in [6, 6.07) is 3.70. The monoisotopic (exact) mass is 235 g/mol. The third-order valence-electron chi connectivity index (χ3n) is 3.40. The van der Waals surface area contributed by atoms with E-state index in [0.29, 0.717) is 11.8 Å². The van der Waals surface area contributed by atoms with Crippen LogP contribution in [0.2, 0.25) is 0 Å². The number of ether oxygens (including phenoxy) is 1. The van der Waals surface area contributed by atoms with Gasteiger partial charge in [0.05, 0.1) is 24.6 Å². The number of hydrogen-bond donors (Lipinski definition) is 1. The van der Waals surface area contributed by atoms with Crippen molar-refractivity contribution < 1.29 is 9.84 Å². The van der Waals surface area contributed by atoms with Gasteiger partial charge in [-0.3, -0.25) is 4.98 Å². The van der Waals surface area contributed by atoms with E-state index in [0.717, 1.165) is 30.4 Å². The summed E-state index contributed by atoms with van der Waals surface area (Å²) in [6.07, 6.45) is 5.59. The van der Waals surface area contributed by atoms with Gasteiger partial charge in [-0.05, 0) is 43.2 Å². The van der Waals surface area contributed by atoms with Crippen molar-refractivity contribution >= 4 is 0 Å². The zero-order valence-corrected chi connectivity index (χ0v) is 10.6. The molecule has 0 aromatic carbocycles. The largest absolute Gasteiger partial charge is 0.489 e. The fourth-order valence-electron chi connectivity index (χ4n) is 2.74. The number of aliphatic hydroxyl groups is 1. The summed E-state index contributed by atoms with van der Waals surface area (Å²) in [5.74, 6) is 2.30. The molecule has 1 saturated carbocycles. The van der Waals surface area contributed by atoms with Gasteiger partial charge in [-0.15, -0.1) is 0 Å². The van der Waals surface area contributed by atoms with Crippen molar-refractivity contribution in [3.8, 4) is 5.75 Å². The molecule has 0 spiro atoms. The molecule has 1 aromatic heterocycles. The first-order valence-corrected chi connectivity index (χ1v) is 6.39. The summed E-state index contributed by atoms with van der Waals surface area (Å²) in [7, 11) is 0. The maximum atomic E-state index is 8.92. The zero-order valence-electron chi connectivity index (χ0n) is 10.6. The molecule has 1 aliphatic carbocycles. The van der Waals surface area contributed by atoms with Crippen LogP contribution in [-0.4, -0.2) is 16.2 Å². The second-order valence-corrected chi connectivity index (χ2v) is 5.30. The lowest BCUT2D eigenvalue weighted by Crippen LogP contribution is -2.28. The number of aliphatic hydroxyl groups excluding tert-OH is 1. The minimum Gasteiger partial charge on any atom is -0.489 e. The van der Waals surface area contributed by atoms with Crippen LogP contribution in [0.15, 0.2) is 18.3 Å². The third-order valence-corrected chi connectivity index (χ3v) is 3.40. The van der Waals surface area contributed by atoms with Gasteiger partial charge in [-0.1, -0.05) is 13.8 Å². The van der Waals surface area contributed by atoms with Gasteiger partial charge < -0.3 is 9.84 Å². The Balaban J connectivity index is 1.95. The average molecular weight is 235 g/mol. The van der Waals surface area contributed by atoms with Gasteiger partial charge in [-0.2, -0.15) is 0 Å². The molecule has 1 heterocycles. The quantitative estimate of drug-likeness (QED) is 0.876. The highest BCUT2D eigenvalue weighted by molar-refractivity contribution is 5.19. The lowest BCUT2D eigenvalue weighted by molar-refractivity contribution is 0.101. The highest BCUT2D eigenvalue weighted by atomic mass is 16.5. The van der Waals surface area contributed by atoms with Gasteiger partial charge in [0, 0.05) is 0 Å². The molecule has 1 N–H and O–H groups in total. The van der Waals surface area contributed by atoms with E-state index in [1.807, 2.05) is 12.1 Å². The van der Waals surface area contributed by atoms with Crippen LogP contribution in [0.3, 0.4) is 0 Å². The summed E-state index contributed by atoms with van der Waals surface area (Å²) >= 11 is 0. The van der Waals surface area contributed by atoms with Gasteiger partial charge >= 0.3 is 0 Å². The van der Waals surface area contributed by atoms with Gasteiger partial charge in [-0.25, -0.2) is 0 Å². The predicted molar refractivity (Wildman–Crippen MR) is 66.8 cm³/mol. The van der Waals surface area contributed by atoms with E-state index in [2.05, 4.69) is 18.8 Å². The van der Waals surface area contributed by atoms with E-state index in [1.54, 1.807) is 6.20 Å². The molecule has 0 saturated heterocycles. The molecule has 0 aliphatic heterocycles. The smallest absolute Gasteiger partial charge is 0.138 e. The molecular formula is C14H21NO2. The fourth-order valence-corrected chi connectivity index (χ4v) is 2.74. The number of rotatable bonds is 3. The zero-order chi connectivity index (χ0) is 12.3. The predicted octanol–water partition coefficient (Wildman–Crippen LogP) is 2.78. The van der Waals surface area contributed by atoms with Crippen LogP contribution >= 0.6 is 0 Å². The summed E-state index contributed by atoms with van der Waals surface area (Å²) in [5, 5.41) is 8.92. The lowest BCUT2D eigenvalue weighted by Gasteiger charge is -2.31. The minimum atomic E-state index is -0.0161. The second-order valence-electron chi connectivity index (χ2n) is 5.30. The summed E-state index contributed by atoms with van der Waals surface area (Å²) in [6.45, 7) is 4.57. The first-order chi connectivity index (χ1) is 8.17. The molecule has 1 aromatic rings. The average Bonchev–Trinajstić information content (AvgIpc) is 2.28. The van der Waals surface area contributed by atoms with E-state index in [4.69, 9.17) is 9.84 Å². The summed E-state index contributed by atoms with van der Waals surface area (Å²) in [5.41, 5.74) is 0.683. The Kier molecular flexibility index (Phi) is 4.00. The van der Waals surface area contributed by atoms with Crippen LogP contribution in [0.5, 0.6) is 5.75 Å². The number of pyridine rings is 1. The van der Waals surface area contributed by atoms with Gasteiger partial charge in [0.1, 0.15) is 5.75 Å². The molecule has 94 valence electrons. The van der Waals surface area contributed by atoms with Crippen molar-refractivity contribution in [2.24, 2.45) is 11.8 Å². The summed E-state index contributed by atoms with van der Waals surface area (Å²) < 4.78 is 5.95. The van der Waals surface area contributed by atoms with Crippen molar-refractivity contribution in [3.63, 3.8) is 0 Å². The number of aromatic nitrogens is 1. The number of hydrogen-bond acceptors (Lipinski definition) is 3. The van der Waals surface area contributed by atoms with Crippen LogP contribution < -0.4 is 4.74 Å². The number of nitrogens with zero attached hydrogens (tertiary/aromatic N) is 1. The molecule has 3 heteroatoms. The van der Waals surface area contributed by atoms with Crippen molar-refractivity contribution in [1.82, 2.24) is 4.98 Å². The highest BCUT2D eigenvalue weighted by Crippen LogP contribution is 2.31. The fraction of sp³-hybridized carbons (Fsp3) is 0.643. The van der Waals surface area contributed by atoms with Crippen molar-refractivity contribution in [3.05, 3.63) is 24.0 Å². The van der Waals surface area contributed by atoms with E-state index >= 15 is 0 Å². The van der Waals surface area contributed by atoms with Crippen molar-refractivity contribution in [2.45, 2.75) is 45.8 Å².